The van der Waals surface area contributed by atoms with Gasteiger partial charge in [0.25, 0.3) is 0 Å². The molecule has 0 bridgehead atoms. The second kappa shape index (κ2) is 5.23. The third-order valence-corrected chi connectivity index (χ3v) is 3.25. The summed E-state index contributed by atoms with van der Waals surface area (Å²) in [4.78, 5) is 10.8. The second-order valence-electron chi connectivity index (χ2n) is 3.62. The topological polar surface area (TPSA) is 77.8 Å². The highest BCUT2D eigenvalue weighted by Crippen LogP contribution is 2.38. The van der Waals surface area contributed by atoms with Crippen molar-refractivity contribution >= 4 is 29.2 Å². The third kappa shape index (κ3) is 2.55. The first kappa shape index (κ1) is 14.3. The van der Waals surface area contributed by atoms with Gasteiger partial charge in [-0.25, -0.2) is 4.79 Å². The summed E-state index contributed by atoms with van der Waals surface area (Å²) in [5.41, 5.74) is -1.98. The van der Waals surface area contributed by atoms with E-state index in [1.165, 1.54) is 19.1 Å². The Morgan fingerprint density at radius 1 is 1.41 bits per heavy atom. The van der Waals surface area contributed by atoms with E-state index in [0.717, 1.165) is 0 Å². The summed E-state index contributed by atoms with van der Waals surface area (Å²) in [6.07, 6.45) is -2.03. The van der Waals surface area contributed by atoms with Gasteiger partial charge in [0, 0.05) is 15.6 Å². The van der Waals surface area contributed by atoms with E-state index in [9.17, 15) is 15.0 Å². The molecule has 0 spiro atoms. The van der Waals surface area contributed by atoms with E-state index in [1.54, 1.807) is 6.07 Å². The third-order valence-electron chi connectivity index (χ3n) is 2.62. The van der Waals surface area contributed by atoms with Gasteiger partial charge in [0.05, 0.1) is 0 Å². The molecule has 1 aromatic carbocycles. The van der Waals surface area contributed by atoms with E-state index in [4.69, 9.17) is 28.3 Å². The molecule has 2 atom stereocenters. The molecule has 6 heteroatoms. The molecule has 0 radical (unpaired) electrons. The highest BCUT2D eigenvalue weighted by molar-refractivity contribution is 6.36. The minimum Gasteiger partial charge on any atom is -0.479 e. The van der Waals surface area contributed by atoms with Gasteiger partial charge < -0.3 is 15.3 Å². The number of halogens is 2. The van der Waals surface area contributed by atoms with Crippen LogP contribution in [0.4, 0.5) is 0 Å². The Labute approximate surface area is 108 Å². The Morgan fingerprint density at radius 2 is 1.88 bits per heavy atom. The van der Waals surface area contributed by atoms with Crippen LogP contribution in [0, 0.1) is 0 Å². The molecule has 0 aromatic heterocycles. The monoisotopic (exact) mass is 278 g/mol. The quantitative estimate of drug-likeness (QED) is 0.788. The first-order valence-electron chi connectivity index (χ1n) is 4.92. The summed E-state index contributed by atoms with van der Waals surface area (Å²) in [7, 11) is 0. The molecule has 0 saturated carbocycles. The summed E-state index contributed by atoms with van der Waals surface area (Å²) < 4.78 is 0. The van der Waals surface area contributed by atoms with Crippen LogP contribution in [0.5, 0.6) is 0 Å². The van der Waals surface area contributed by atoms with E-state index < -0.39 is 17.7 Å². The van der Waals surface area contributed by atoms with E-state index in [1.807, 2.05) is 0 Å². The first-order valence-corrected chi connectivity index (χ1v) is 5.68. The van der Waals surface area contributed by atoms with E-state index in [-0.39, 0.29) is 22.0 Å². The van der Waals surface area contributed by atoms with Gasteiger partial charge in [-0.1, -0.05) is 36.2 Å². The lowest BCUT2D eigenvalue weighted by atomic mass is 9.85. The van der Waals surface area contributed by atoms with Gasteiger partial charge in [-0.05, 0) is 18.6 Å². The van der Waals surface area contributed by atoms with Gasteiger partial charge in [0.1, 0.15) is 5.60 Å². The molecule has 94 valence electrons. The highest BCUT2D eigenvalue weighted by Gasteiger charge is 2.43. The van der Waals surface area contributed by atoms with E-state index >= 15 is 0 Å². The lowest BCUT2D eigenvalue weighted by Gasteiger charge is -2.31. The van der Waals surface area contributed by atoms with Crippen LogP contribution in [0.1, 0.15) is 18.9 Å². The largest absolute Gasteiger partial charge is 0.479 e. The van der Waals surface area contributed by atoms with E-state index in [2.05, 4.69) is 0 Å². The lowest BCUT2D eigenvalue weighted by molar-refractivity contribution is -0.165. The van der Waals surface area contributed by atoms with Gasteiger partial charge in [0.2, 0.25) is 0 Å². The lowest BCUT2D eigenvalue weighted by Crippen LogP contribution is -2.44. The van der Waals surface area contributed by atoms with Crippen LogP contribution in [0.2, 0.25) is 10.0 Å². The fraction of sp³-hybridized carbons (Fsp3) is 0.364. The molecule has 0 unspecified atom stereocenters. The zero-order chi connectivity index (χ0) is 13.2. The number of carboxylic acids is 1. The van der Waals surface area contributed by atoms with Crippen molar-refractivity contribution in [3.63, 3.8) is 0 Å². The minimum absolute atomic E-state index is 0.0285. The minimum atomic E-state index is -2.01. The molecule has 0 amide bonds. The number of aliphatic hydroxyl groups is 2. The molecule has 4 nitrogen and oxygen atoms in total. The van der Waals surface area contributed by atoms with Crippen LogP contribution in [0.15, 0.2) is 18.2 Å². The van der Waals surface area contributed by atoms with Gasteiger partial charge in [-0.15, -0.1) is 0 Å². The van der Waals surface area contributed by atoms with Crippen molar-refractivity contribution in [2.24, 2.45) is 0 Å². The number of aliphatic carboxylic acids is 1. The summed E-state index contributed by atoms with van der Waals surface area (Å²) in [5, 5.41) is 28.9. The number of hydrogen-bond donors (Lipinski definition) is 3. The smallest absolute Gasteiger partial charge is 0.335 e. The average Bonchev–Trinajstić information content (AvgIpc) is 2.27. The molecular formula is C11H12Cl2O4. The zero-order valence-corrected chi connectivity index (χ0v) is 10.5. The zero-order valence-electron chi connectivity index (χ0n) is 9.02. The molecule has 0 saturated heterocycles. The van der Waals surface area contributed by atoms with Crippen molar-refractivity contribution in [3.05, 3.63) is 33.8 Å². The van der Waals surface area contributed by atoms with Crippen molar-refractivity contribution in [2.75, 3.05) is 0 Å². The van der Waals surface area contributed by atoms with Crippen LogP contribution in [-0.2, 0) is 10.4 Å². The standard InChI is InChI=1S/C11H12Cl2O4/c1-2-11(17,9(14)10(15)16)8-6(12)4-3-5-7(8)13/h3-5,9,14,17H,2H2,1H3,(H,15,16)/t9-,11-/m0/s1. The van der Waals surface area contributed by atoms with Gasteiger partial charge in [-0.2, -0.15) is 0 Å². The number of carboxylic acid groups (broad SMARTS) is 1. The highest BCUT2D eigenvalue weighted by atomic mass is 35.5. The predicted molar refractivity (Wildman–Crippen MR) is 64.3 cm³/mol. The van der Waals surface area contributed by atoms with Gasteiger partial charge in [0.15, 0.2) is 6.10 Å². The maximum Gasteiger partial charge on any atom is 0.335 e. The molecule has 0 fully saturated rings. The number of carbonyl (C=O) groups is 1. The molecule has 0 aliphatic carbocycles. The van der Waals surface area contributed by atoms with Crippen LogP contribution < -0.4 is 0 Å². The van der Waals surface area contributed by atoms with Crippen LogP contribution in [-0.4, -0.2) is 27.4 Å². The van der Waals surface area contributed by atoms with Gasteiger partial charge in [-0.3, -0.25) is 0 Å². The normalized spacial score (nSPS) is 16.3. The fourth-order valence-electron chi connectivity index (χ4n) is 1.62. The van der Waals surface area contributed by atoms with Crippen molar-refractivity contribution in [3.8, 4) is 0 Å². The Balaban J connectivity index is 3.40. The summed E-state index contributed by atoms with van der Waals surface area (Å²) in [5.74, 6) is -1.54. The van der Waals surface area contributed by atoms with Crippen LogP contribution in [0.3, 0.4) is 0 Å². The summed E-state index contributed by atoms with van der Waals surface area (Å²) >= 11 is 11.8. The molecule has 3 N–H and O–H groups in total. The predicted octanol–water partition coefficient (Wildman–Crippen LogP) is 2.04. The maximum absolute atomic E-state index is 10.8. The second-order valence-corrected chi connectivity index (χ2v) is 4.43. The molecular weight excluding hydrogens is 267 g/mol. The summed E-state index contributed by atoms with van der Waals surface area (Å²) in [6, 6.07) is 4.51. The Kier molecular flexibility index (Phi) is 4.38. The number of hydrogen-bond acceptors (Lipinski definition) is 3. The van der Waals surface area contributed by atoms with Crippen LogP contribution in [0.25, 0.3) is 0 Å². The number of benzene rings is 1. The average molecular weight is 279 g/mol. The Bertz CT molecular complexity index is 415. The Hall–Kier alpha value is -0.810. The molecule has 0 heterocycles. The van der Waals surface area contributed by atoms with E-state index in [0.29, 0.717) is 0 Å². The van der Waals surface area contributed by atoms with Crippen molar-refractivity contribution in [1.82, 2.24) is 0 Å². The maximum atomic E-state index is 10.8. The molecule has 17 heavy (non-hydrogen) atoms. The van der Waals surface area contributed by atoms with Crippen molar-refractivity contribution in [2.45, 2.75) is 25.0 Å². The molecule has 0 aliphatic heterocycles. The number of rotatable bonds is 4. The van der Waals surface area contributed by atoms with Crippen LogP contribution >= 0.6 is 23.2 Å². The molecule has 1 aromatic rings. The molecule has 1 rings (SSSR count). The number of aliphatic hydroxyl groups excluding tert-OH is 1. The first-order chi connectivity index (χ1) is 7.84. The fourth-order valence-corrected chi connectivity index (χ4v) is 2.35. The summed E-state index contributed by atoms with van der Waals surface area (Å²) in [6.45, 7) is 1.53. The molecule has 0 aliphatic rings. The Morgan fingerprint density at radius 3 is 2.24 bits per heavy atom. The SMILES string of the molecule is CC[C@](O)(c1c(Cl)cccc1Cl)[C@@H](O)C(=O)O. The van der Waals surface area contributed by atoms with Crippen molar-refractivity contribution in [1.29, 1.82) is 0 Å². The van der Waals surface area contributed by atoms with Crippen molar-refractivity contribution < 1.29 is 20.1 Å². The van der Waals surface area contributed by atoms with Gasteiger partial charge >= 0.3 is 5.97 Å².